The Hall–Kier alpha value is -0.830. The molecule has 0 aliphatic rings. The average molecular weight is 239 g/mol. The Kier molecular flexibility index (Phi) is 2.12. The molecule has 1 heterocycles. The first-order chi connectivity index (χ1) is 6.22. The minimum atomic E-state index is 0.975. The van der Waals surface area contributed by atoms with Crippen LogP contribution in [-0.2, 0) is 13.5 Å². The predicted molar refractivity (Wildman–Crippen MR) is 57.8 cm³/mol. The van der Waals surface area contributed by atoms with Gasteiger partial charge in [-0.25, -0.2) is 4.98 Å². The molecule has 0 bridgehead atoms. The first-order valence-corrected chi connectivity index (χ1v) is 5.12. The van der Waals surface area contributed by atoms with Gasteiger partial charge >= 0.3 is 0 Å². The topological polar surface area (TPSA) is 17.8 Å². The Balaban J connectivity index is 2.76. The molecule has 0 fully saturated rings. The van der Waals surface area contributed by atoms with E-state index in [9.17, 15) is 0 Å². The highest BCUT2D eigenvalue weighted by molar-refractivity contribution is 9.10. The van der Waals surface area contributed by atoms with Crippen molar-refractivity contribution in [1.82, 2.24) is 9.55 Å². The quantitative estimate of drug-likeness (QED) is 0.748. The Morgan fingerprint density at radius 1 is 1.46 bits per heavy atom. The second kappa shape index (κ2) is 3.14. The van der Waals surface area contributed by atoms with Crippen LogP contribution in [0.3, 0.4) is 0 Å². The SMILES string of the molecule is CCc1nc2cc(Br)ccc2n1C. The third-order valence-electron chi connectivity index (χ3n) is 2.25. The van der Waals surface area contributed by atoms with Crippen molar-refractivity contribution in [3.05, 3.63) is 28.5 Å². The second-order valence-electron chi connectivity index (χ2n) is 3.07. The maximum Gasteiger partial charge on any atom is 0.109 e. The number of aromatic nitrogens is 2. The van der Waals surface area contributed by atoms with E-state index < -0.39 is 0 Å². The maximum absolute atomic E-state index is 4.52. The summed E-state index contributed by atoms with van der Waals surface area (Å²) in [5.41, 5.74) is 2.26. The molecular weight excluding hydrogens is 228 g/mol. The Morgan fingerprint density at radius 2 is 2.23 bits per heavy atom. The molecule has 68 valence electrons. The molecule has 0 saturated carbocycles. The van der Waals surface area contributed by atoms with E-state index in [1.807, 2.05) is 6.07 Å². The third-order valence-corrected chi connectivity index (χ3v) is 2.74. The van der Waals surface area contributed by atoms with Gasteiger partial charge in [-0.3, -0.25) is 0 Å². The van der Waals surface area contributed by atoms with Crippen LogP contribution in [-0.4, -0.2) is 9.55 Å². The smallest absolute Gasteiger partial charge is 0.109 e. The fraction of sp³-hybridized carbons (Fsp3) is 0.300. The van der Waals surface area contributed by atoms with E-state index in [0.29, 0.717) is 0 Å². The van der Waals surface area contributed by atoms with Crippen LogP contribution in [0.4, 0.5) is 0 Å². The highest BCUT2D eigenvalue weighted by atomic mass is 79.9. The molecule has 2 nitrogen and oxygen atoms in total. The van der Waals surface area contributed by atoms with Crippen molar-refractivity contribution in [2.45, 2.75) is 13.3 Å². The van der Waals surface area contributed by atoms with E-state index >= 15 is 0 Å². The molecule has 0 saturated heterocycles. The molecule has 0 atom stereocenters. The second-order valence-corrected chi connectivity index (χ2v) is 3.99. The van der Waals surface area contributed by atoms with Crippen molar-refractivity contribution in [2.24, 2.45) is 7.05 Å². The lowest BCUT2D eigenvalue weighted by Gasteiger charge is -1.97. The molecule has 0 unspecified atom stereocenters. The van der Waals surface area contributed by atoms with Gasteiger partial charge in [-0.2, -0.15) is 0 Å². The van der Waals surface area contributed by atoms with Gasteiger partial charge in [-0.15, -0.1) is 0 Å². The number of nitrogens with zero attached hydrogens (tertiary/aromatic N) is 2. The Morgan fingerprint density at radius 3 is 2.92 bits per heavy atom. The molecule has 0 aliphatic carbocycles. The predicted octanol–water partition coefficient (Wildman–Crippen LogP) is 2.90. The molecule has 0 aliphatic heterocycles. The average Bonchev–Trinajstić information content (AvgIpc) is 2.42. The molecule has 0 radical (unpaired) electrons. The van der Waals surface area contributed by atoms with E-state index in [2.05, 4.69) is 51.6 Å². The summed E-state index contributed by atoms with van der Waals surface area (Å²) in [5, 5.41) is 0. The molecule has 1 aromatic carbocycles. The van der Waals surface area contributed by atoms with Gasteiger partial charge in [0.15, 0.2) is 0 Å². The van der Waals surface area contributed by atoms with Crippen LogP contribution >= 0.6 is 15.9 Å². The van der Waals surface area contributed by atoms with Crippen LogP contribution in [0.5, 0.6) is 0 Å². The lowest BCUT2D eigenvalue weighted by molar-refractivity contribution is 0.829. The van der Waals surface area contributed by atoms with Crippen LogP contribution in [0.25, 0.3) is 11.0 Å². The molecule has 3 heteroatoms. The van der Waals surface area contributed by atoms with Gasteiger partial charge in [0.2, 0.25) is 0 Å². The number of hydrogen-bond donors (Lipinski definition) is 0. The number of benzene rings is 1. The molecule has 13 heavy (non-hydrogen) atoms. The van der Waals surface area contributed by atoms with Gasteiger partial charge in [-0.05, 0) is 18.2 Å². The normalized spacial score (nSPS) is 11.0. The van der Waals surface area contributed by atoms with Crippen molar-refractivity contribution < 1.29 is 0 Å². The highest BCUT2D eigenvalue weighted by Crippen LogP contribution is 2.19. The number of imidazole rings is 1. The van der Waals surface area contributed by atoms with E-state index in [4.69, 9.17) is 0 Å². The van der Waals surface area contributed by atoms with E-state index in [-0.39, 0.29) is 0 Å². The summed E-state index contributed by atoms with van der Waals surface area (Å²) in [4.78, 5) is 4.52. The van der Waals surface area contributed by atoms with Gasteiger partial charge < -0.3 is 4.57 Å². The van der Waals surface area contributed by atoms with Gasteiger partial charge in [0.25, 0.3) is 0 Å². The summed E-state index contributed by atoms with van der Waals surface area (Å²) in [5.74, 6) is 1.13. The van der Waals surface area contributed by atoms with E-state index in [1.165, 1.54) is 5.52 Å². The van der Waals surface area contributed by atoms with Gasteiger partial charge in [0, 0.05) is 17.9 Å². The first kappa shape index (κ1) is 8.75. The minimum absolute atomic E-state index is 0.975. The standard InChI is InChI=1S/C10H11BrN2/c1-3-10-12-8-6-7(11)4-5-9(8)13(10)2/h4-6H,3H2,1-2H3. The monoisotopic (exact) mass is 238 g/mol. The highest BCUT2D eigenvalue weighted by Gasteiger charge is 2.05. The summed E-state index contributed by atoms with van der Waals surface area (Å²) in [7, 11) is 2.06. The van der Waals surface area contributed by atoms with E-state index in [0.717, 1.165) is 22.2 Å². The summed E-state index contributed by atoms with van der Waals surface area (Å²) in [6.45, 7) is 2.12. The first-order valence-electron chi connectivity index (χ1n) is 4.33. The lowest BCUT2D eigenvalue weighted by atomic mass is 10.3. The van der Waals surface area contributed by atoms with Crippen molar-refractivity contribution in [3.63, 3.8) is 0 Å². The molecule has 0 N–H and O–H groups in total. The zero-order chi connectivity index (χ0) is 9.42. The molecule has 1 aromatic heterocycles. The maximum atomic E-state index is 4.52. The van der Waals surface area contributed by atoms with E-state index in [1.54, 1.807) is 0 Å². The number of rotatable bonds is 1. The fourth-order valence-corrected chi connectivity index (χ4v) is 1.89. The van der Waals surface area contributed by atoms with Crippen molar-refractivity contribution in [3.8, 4) is 0 Å². The van der Waals surface area contributed by atoms with Crippen LogP contribution in [0, 0.1) is 0 Å². The minimum Gasteiger partial charge on any atom is -0.331 e. The Bertz CT molecular complexity index is 445. The number of hydrogen-bond acceptors (Lipinski definition) is 1. The van der Waals surface area contributed by atoms with Crippen molar-refractivity contribution in [2.75, 3.05) is 0 Å². The van der Waals surface area contributed by atoms with Crippen LogP contribution in [0.2, 0.25) is 0 Å². The summed E-state index contributed by atoms with van der Waals surface area (Å²) < 4.78 is 3.22. The molecular formula is C10H11BrN2. The number of halogens is 1. The molecule has 0 amide bonds. The van der Waals surface area contributed by atoms with Gasteiger partial charge in [-0.1, -0.05) is 22.9 Å². The summed E-state index contributed by atoms with van der Waals surface area (Å²) in [6.07, 6.45) is 0.975. The summed E-state index contributed by atoms with van der Waals surface area (Å²) >= 11 is 3.44. The fourth-order valence-electron chi connectivity index (χ4n) is 1.54. The summed E-state index contributed by atoms with van der Waals surface area (Å²) in [6, 6.07) is 6.18. The zero-order valence-electron chi connectivity index (χ0n) is 7.71. The van der Waals surface area contributed by atoms with Crippen molar-refractivity contribution >= 4 is 27.0 Å². The third kappa shape index (κ3) is 1.37. The Labute approximate surface area is 85.7 Å². The van der Waals surface area contributed by atoms with Crippen LogP contribution < -0.4 is 0 Å². The zero-order valence-corrected chi connectivity index (χ0v) is 9.30. The van der Waals surface area contributed by atoms with Crippen molar-refractivity contribution in [1.29, 1.82) is 0 Å². The lowest BCUT2D eigenvalue weighted by Crippen LogP contribution is -1.94. The molecule has 2 aromatic rings. The molecule has 2 rings (SSSR count). The molecule has 0 spiro atoms. The number of aryl methyl sites for hydroxylation is 2. The van der Waals surface area contributed by atoms with Gasteiger partial charge in [0.05, 0.1) is 11.0 Å². The largest absolute Gasteiger partial charge is 0.331 e. The van der Waals surface area contributed by atoms with Crippen LogP contribution in [0.1, 0.15) is 12.7 Å². The number of fused-ring (bicyclic) bond motifs is 1. The van der Waals surface area contributed by atoms with Gasteiger partial charge in [0.1, 0.15) is 5.82 Å². The van der Waals surface area contributed by atoms with Crippen LogP contribution in [0.15, 0.2) is 22.7 Å².